The molecule has 1 amide bonds. The van der Waals surface area contributed by atoms with Crippen LogP contribution >= 0.6 is 0 Å². The topological polar surface area (TPSA) is 118 Å². The third-order valence-corrected chi connectivity index (χ3v) is 10.3. The van der Waals surface area contributed by atoms with Crippen LogP contribution in [0.2, 0.25) is 0 Å². The average Bonchev–Trinajstić information content (AvgIpc) is 3.39. The van der Waals surface area contributed by atoms with Crippen LogP contribution in [0.1, 0.15) is 39.7 Å². The molecule has 0 atom stereocenters. The summed E-state index contributed by atoms with van der Waals surface area (Å²) in [6.07, 6.45) is 3.39. The highest BCUT2D eigenvalue weighted by Gasteiger charge is 2.46. The zero-order valence-electron chi connectivity index (χ0n) is 28.0. The lowest BCUT2D eigenvalue weighted by atomic mass is 9.93. The standard InChI is InChI=1S/C36H45N9O3/c1-36(2,3)48-35(46)44-21-28(22-44)43-19-27(20-43)42-17-26(18-42)41-15-13-25(14-16-41)45-34-31(33(37)38-23-39-34)32(40-45)24-9-11-30(12-10-24)47-29-7-5-4-6-8-29/h4-12,23,25-28H,13-22H2,1-3H3,(H2,37,38,39). The van der Waals surface area contributed by atoms with Gasteiger partial charge >= 0.3 is 6.09 Å². The molecule has 6 heterocycles. The summed E-state index contributed by atoms with van der Waals surface area (Å²) in [5.74, 6) is 2.01. The Morgan fingerprint density at radius 1 is 0.771 bits per heavy atom. The number of likely N-dealkylation sites (tertiary alicyclic amines) is 4. The highest BCUT2D eigenvalue weighted by Crippen LogP contribution is 2.36. The molecule has 0 saturated carbocycles. The molecule has 12 nitrogen and oxygen atoms in total. The predicted octanol–water partition coefficient (Wildman–Crippen LogP) is 4.49. The van der Waals surface area contributed by atoms with E-state index in [1.807, 2.05) is 80.3 Å². The molecule has 2 aromatic carbocycles. The molecule has 8 rings (SSSR count). The van der Waals surface area contributed by atoms with Gasteiger partial charge in [0.25, 0.3) is 0 Å². The Bertz CT molecular complexity index is 1750. The van der Waals surface area contributed by atoms with Crippen LogP contribution in [0.3, 0.4) is 0 Å². The highest BCUT2D eigenvalue weighted by molar-refractivity contribution is 5.98. The van der Waals surface area contributed by atoms with Gasteiger partial charge in [0.1, 0.15) is 34.9 Å². The van der Waals surface area contributed by atoms with Crippen molar-refractivity contribution in [1.29, 1.82) is 0 Å². The molecule has 2 aromatic heterocycles. The van der Waals surface area contributed by atoms with Crippen molar-refractivity contribution in [1.82, 2.24) is 39.3 Å². The lowest BCUT2D eigenvalue weighted by molar-refractivity contribution is -0.0914. The second-order valence-electron chi connectivity index (χ2n) is 14.7. The summed E-state index contributed by atoms with van der Waals surface area (Å²) >= 11 is 0. The van der Waals surface area contributed by atoms with Gasteiger partial charge in [-0.1, -0.05) is 18.2 Å². The second-order valence-corrected chi connectivity index (χ2v) is 14.7. The highest BCUT2D eigenvalue weighted by atomic mass is 16.6. The number of carbonyl (C=O) groups excluding carboxylic acids is 1. The molecule has 0 aliphatic carbocycles. The van der Waals surface area contributed by atoms with Crippen molar-refractivity contribution >= 4 is 22.9 Å². The van der Waals surface area contributed by atoms with Crippen molar-refractivity contribution in [2.75, 3.05) is 58.1 Å². The summed E-state index contributed by atoms with van der Waals surface area (Å²) in [6.45, 7) is 13.9. The Kier molecular flexibility index (Phi) is 7.97. The first-order chi connectivity index (χ1) is 23.2. The maximum atomic E-state index is 12.3. The summed E-state index contributed by atoms with van der Waals surface area (Å²) in [5.41, 5.74) is 8.54. The normalized spacial score (nSPS) is 20.8. The largest absolute Gasteiger partial charge is 0.457 e. The summed E-state index contributed by atoms with van der Waals surface area (Å²) in [5, 5.41) is 5.92. The Morgan fingerprint density at radius 3 is 2.02 bits per heavy atom. The molecule has 4 fully saturated rings. The fourth-order valence-corrected chi connectivity index (χ4v) is 7.45. The molecule has 12 heteroatoms. The van der Waals surface area contributed by atoms with Gasteiger partial charge in [-0.25, -0.2) is 19.4 Å². The molecule has 48 heavy (non-hydrogen) atoms. The van der Waals surface area contributed by atoms with Crippen molar-refractivity contribution in [2.45, 2.75) is 63.4 Å². The number of hydrogen-bond donors (Lipinski definition) is 1. The Hall–Kier alpha value is -4.26. The second kappa shape index (κ2) is 12.3. The number of rotatable bonds is 7. The maximum absolute atomic E-state index is 12.3. The maximum Gasteiger partial charge on any atom is 0.410 e. The van der Waals surface area contributed by atoms with E-state index in [0.29, 0.717) is 23.9 Å². The van der Waals surface area contributed by atoms with Crippen LogP contribution in [0.25, 0.3) is 22.3 Å². The number of nitrogens with two attached hydrogens (primary N) is 1. The van der Waals surface area contributed by atoms with Gasteiger partial charge in [0.15, 0.2) is 5.65 Å². The molecule has 0 spiro atoms. The van der Waals surface area contributed by atoms with Crippen LogP contribution < -0.4 is 10.5 Å². The number of aromatic nitrogens is 4. The van der Waals surface area contributed by atoms with E-state index in [0.717, 1.165) is 99.0 Å². The van der Waals surface area contributed by atoms with Gasteiger partial charge in [-0.2, -0.15) is 5.10 Å². The number of hydrogen-bond acceptors (Lipinski definition) is 10. The van der Waals surface area contributed by atoms with Gasteiger partial charge < -0.3 is 20.1 Å². The van der Waals surface area contributed by atoms with E-state index in [-0.39, 0.29) is 12.1 Å². The van der Waals surface area contributed by atoms with Gasteiger partial charge in [-0.05, 0) is 70.0 Å². The van der Waals surface area contributed by atoms with Gasteiger partial charge in [-0.15, -0.1) is 0 Å². The predicted molar refractivity (Wildman–Crippen MR) is 184 cm³/mol. The minimum absolute atomic E-state index is 0.191. The third-order valence-electron chi connectivity index (χ3n) is 10.3. The quantitative estimate of drug-likeness (QED) is 0.306. The lowest BCUT2D eigenvalue weighted by Gasteiger charge is -2.58. The zero-order valence-corrected chi connectivity index (χ0v) is 28.0. The van der Waals surface area contributed by atoms with Crippen LogP contribution in [0.15, 0.2) is 60.9 Å². The van der Waals surface area contributed by atoms with Crippen LogP contribution in [0, 0.1) is 0 Å². The molecular formula is C36H45N9O3. The van der Waals surface area contributed by atoms with E-state index in [9.17, 15) is 4.79 Å². The third kappa shape index (κ3) is 6.08. The number of ether oxygens (including phenoxy) is 2. The van der Waals surface area contributed by atoms with Crippen LogP contribution in [-0.4, -0.2) is 122 Å². The van der Waals surface area contributed by atoms with Gasteiger partial charge in [0.05, 0.1) is 11.4 Å². The van der Waals surface area contributed by atoms with Gasteiger partial charge in [-0.3, -0.25) is 14.7 Å². The molecule has 2 N–H and O–H groups in total. The fraction of sp³-hybridized carbons (Fsp3) is 0.500. The van der Waals surface area contributed by atoms with E-state index < -0.39 is 5.60 Å². The number of amides is 1. The molecule has 0 bridgehead atoms. The van der Waals surface area contributed by atoms with Crippen molar-refractivity contribution in [3.05, 3.63) is 60.9 Å². The first-order valence-electron chi connectivity index (χ1n) is 17.2. The van der Waals surface area contributed by atoms with Gasteiger partial charge in [0, 0.05) is 76.0 Å². The first kappa shape index (κ1) is 31.0. The SMILES string of the molecule is CC(C)(C)OC(=O)N1CC(N2CC(N3CC(N4CCC(n5nc(-c6ccc(Oc7ccccc7)cc6)c6c(N)ncnc65)CC4)C3)C2)C1. The Balaban J connectivity index is 0.837. The van der Waals surface area contributed by atoms with Crippen molar-refractivity contribution in [3.8, 4) is 22.8 Å². The number of nitrogens with zero attached hydrogens (tertiary/aromatic N) is 8. The summed E-state index contributed by atoms with van der Waals surface area (Å²) in [7, 11) is 0. The molecule has 4 aromatic rings. The molecular weight excluding hydrogens is 606 g/mol. The summed E-state index contributed by atoms with van der Waals surface area (Å²) < 4.78 is 13.6. The molecule has 252 valence electrons. The van der Waals surface area contributed by atoms with Crippen molar-refractivity contribution < 1.29 is 14.3 Å². The number of para-hydroxylation sites is 1. The van der Waals surface area contributed by atoms with Crippen molar-refractivity contribution in [2.24, 2.45) is 0 Å². The van der Waals surface area contributed by atoms with E-state index in [2.05, 4.69) is 29.3 Å². The number of benzene rings is 2. The van der Waals surface area contributed by atoms with E-state index in [4.69, 9.17) is 20.3 Å². The van der Waals surface area contributed by atoms with Crippen LogP contribution in [-0.2, 0) is 4.74 Å². The number of piperidine rings is 1. The minimum atomic E-state index is -0.443. The number of fused-ring (bicyclic) bond motifs is 1. The molecule has 4 aliphatic heterocycles. The molecule has 4 saturated heterocycles. The Labute approximate surface area is 281 Å². The minimum Gasteiger partial charge on any atom is -0.457 e. The van der Waals surface area contributed by atoms with E-state index in [1.54, 1.807) is 0 Å². The molecule has 0 unspecified atom stereocenters. The lowest BCUT2D eigenvalue weighted by Crippen LogP contribution is -2.74. The monoisotopic (exact) mass is 651 g/mol. The average molecular weight is 652 g/mol. The smallest absolute Gasteiger partial charge is 0.410 e. The number of anilines is 1. The van der Waals surface area contributed by atoms with Gasteiger partial charge in [0.2, 0.25) is 0 Å². The summed E-state index contributed by atoms with van der Waals surface area (Å²) in [4.78, 5) is 30.9. The molecule has 4 aliphatic rings. The first-order valence-corrected chi connectivity index (χ1v) is 17.2. The van der Waals surface area contributed by atoms with E-state index in [1.165, 1.54) is 6.33 Å². The molecule has 0 radical (unpaired) electrons. The number of nitrogen functional groups attached to an aromatic ring is 1. The van der Waals surface area contributed by atoms with Crippen molar-refractivity contribution in [3.63, 3.8) is 0 Å². The summed E-state index contributed by atoms with van der Waals surface area (Å²) in [6, 6.07) is 19.7. The van der Waals surface area contributed by atoms with E-state index >= 15 is 0 Å². The zero-order chi connectivity index (χ0) is 33.0. The fourth-order valence-electron chi connectivity index (χ4n) is 7.45. The number of carbonyl (C=O) groups is 1. The Morgan fingerprint density at radius 2 is 1.38 bits per heavy atom. The van der Waals surface area contributed by atoms with Crippen LogP contribution in [0.5, 0.6) is 11.5 Å². The van der Waals surface area contributed by atoms with Crippen LogP contribution in [0.4, 0.5) is 10.6 Å².